The van der Waals surface area contributed by atoms with Gasteiger partial charge in [0.15, 0.2) is 0 Å². The average molecular weight is 244 g/mol. The van der Waals surface area contributed by atoms with Crippen LogP contribution in [0.2, 0.25) is 0 Å². The molecule has 0 aromatic carbocycles. The molecule has 0 unspecified atom stereocenters. The summed E-state index contributed by atoms with van der Waals surface area (Å²) >= 11 is 0. The van der Waals surface area contributed by atoms with Crippen molar-refractivity contribution in [2.45, 2.75) is 17.9 Å². The highest BCUT2D eigenvalue weighted by Crippen LogP contribution is 2.69. The van der Waals surface area contributed by atoms with Gasteiger partial charge in [-0.05, 0) is 0 Å². The van der Waals surface area contributed by atoms with Crippen LogP contribution in [0.1, 0.15) is 12.8 Å². The summed E-state index contributed by atoms with van der Waals surface area (Å²) in [5.74, 6) is 1.92. The molecular weight excluding hydrogens is 234 g/mol. The minimum absolute atomic E-state index is 0.354. The summed E-state index contributed by atoms with van der Waals surface area (Å²) in [7, 11) is -10.7. The molecule has 0 aliphatic carbocycles. The molecule has 0 aromatic heterocycles. The van der Waals surface area contributed by atoms with Gasteiger partial charge in [-0.1, -0.05) is 0 Å². The molecule has 0 atom stereocenters. The van der Waals surface area contributed by atoms with E-state index in [-0.39, 0.29) is 6.42 Å². The molecule has 82 valence electrons. The standard InChI is InChI=1S/C5H10O7P2/c1-2-3-4-5(6,13(7,8)9)14(10,11)12/h1,6H,3-4H2,(H2,7,8,9)(H2,10,11,12). The summed E-state index contributed by atoms with van der Waals surface area (Å²) in [4.78, 5) is 34.4. The molecule has 0 radical (unpaired) electrons. The molecule has 0 rings (SSSR count). The van der Waals surface area contributed by atoms with Crippen molar-refractivity contribution in [1.29, 1.82) is 0 Å². The highest BCUT2D eigenvalue weighted by Gasteiger charge is 2.58. The first-order valence-corrected chi connectivity index (χ1v) is 6.56. The Morgan fingerprint density at radius 1 is 1.14 bits per heavy atom. The highest BCUT2D eigenvalue weighted by atomic mass is 31.2. The van der Waals surface area contributed by atoms with Gasteiger partial charge in [-0.2, -0.15) is 0 Å². The molecule has 9 heteroatoms. The maximum Gasteiger partial charge on any atom is 0.369 e. The van der Waals surface area contributed by atoms with Crippen LogP contribution in [0.25, 0.3) is 0 Å². The van der Waals surface area contributed by atoms with Gasteiger partial charge in [0.25, 0.3) is 5.08 Å². The first kappa shape index (κ1) is 13.8. The highest BCUT2D eigenvalue weighted by molar-refractivity contribution is 7.72. The molecule has 0 aliphatic rings. The third-order valence-corrected chi connectivity index (χ3v) is 5.41. The largest absolute Gasteiger partial charge is 0.369 e. The summed E-state index contributed by atoms with van der Waals surface area (Å²) in [5.41, 5.74) is 0. The zero-order valence-corrected chi connectivity index (χ0v) is 8.73. The van der Waals surface area contributed by atoms with E-state index >= 15 is 0 Å². The topological polar surface area (TPSA) is 135 Å². The molecule has 0 bridgehead atoms. The molecule has 0 spiro atoms. The average Bonchev–Trinajstić information content (AvgIpc) is 1.95. The fraction of sp³-hybridized carbons (Fsp3) is 0.600. The van der Waals surface area contributed by atoms with Crippen molar-refractivity contribution in [3.8, 4) is 12.3 Å². The maximum absolute atomic E-state index is 10.7. The van der Waals surface area contributed by atoms with Crippen LogP contribution in [0.15, 0.2) is 0 Å². The quantitative estimate of drug-likeness (QED) is 0.329. The first-order valence-electron chi connectivity index (χ1n) is 3.33. The zero-order chi connectivity index (χ0) is 11.6. The Morgan fingerprint density at radius 2 is 1.50 bits per heavy atom. The lowest BCUT2D eigenvalue weighted by molar-refractivity contribution is 0.124. The Balaban J connectivity index is 5.21. The Labute approximate surface area is 80.1 Å². The van der Waals surface area contributed by atoms with E-state index in [1.165, 1.54) is 0 Å². The van der Waals surface area contributed by atoms with Crippen LogP contribution >= 0.6 is 15.2 Å². The lowest BCUT2D eigenvalue weighted by Crippen LogP contribution is -2.28. The summed E-state index contributed by atoms with van der Waals surface area (Å²) in [6, 6.07) is 0. The molecule has 5 N–H and O–H groups in total. The van der Waals surface area contributed by atoms with E-state index < -0.39 is 26.7 Å². The minimum Gasteiger partial charge on any atom is -0.367 e. The van der Waals surface area contributed by atoms with Gasteiger partial charge in [0, 0.05) is 12.8 Å². The second-order valence-corrected chi connectivity index (χ2v) is 6.58. The molecule has 0 aromatic rings. The van der Waals surface area contributed by atoms with Crippen molar-refractivity contribution in [2.75, 3.05) is 0 Å². The zero-order valence-electron chi connectivity index (χ0n) is 6.94. The van der Waals surface area contributed by atoms with Crippen molar-refractivity contribution in [3.63, 3.8) is 0 Å². The Kier molecular flexibility index (Phi) is 4.08. The van der Waals surface area contributed by atoms with Gasteiger partial charge in [0.2, 0.25) is 0 Å². The maximum atomic E-state index is 10.7. The van der Waals surface area contributed by atoms with Crippen LogP contribution in [0.5, 0.6) is 0 Å². The second kappa shape index (κ2) is 4.13. The van der Waals surface area contributed by atoms with Crippen LogP contribution in [0.4, 0.5) is 0 Å². The monoisotopic (exact) mass is 244 g/mol. The summed E-state index contributed by atoms with van der Waals surface area (Å²) in [5, 5.41) is 5.81. The summed E-state index contributed by atoms with van der Waals surface area (Å²) in [6.07, 6.45) is 3.54. The van der Waals surface area contributed by atoms with Crippen LogP contribution in [0, 0.1) is 12.3 Å². The first-order chi connectivity index (χ1) is 6.06. The fourth-order valence-electron chi connectivity index (χ4n) is 0.701. The normalized spacial score (nSPS) is 13.7. The summed E-state index contributed by atoms with van der Waals surface area (Å²) in [6.45, 7) is 0. The second-order valence-electron chi connectivity index (χ2n) is 2.57. The van der Waals surface area contributed by atoms with Crippen LogP contribution in [-0.4, -0.2) is 29.8 Å². The van der Waals surface area contributed by atoms with Crippen molar-refractivity contribution in [2.24, 2.45) is 0 Å². The molecule has 0 saturated carbocycles. The predicted octanol–water partition coefficient (Wildman–Crippen LogP) is -0.599. The van der Waals surface area contributed by atoms with Crippen molar-refractivity contribution < 1.29 is 33.8 Å². The van der Waals surface area contributed by atoms with Gasteiger partial charge in [0.05, 0.1) is 0 Å². The van der Waals surface area contributed by atoms with Crippen LogP contribution < -0.4 is 0 Å². The third kappa shape index (κ3) is 2.66. The fourth-order valence-corrected chi connectivity index (χ4v) is 2.86. The Hall–Kier alpha value is -0.180. The van der Waals surface area contributed by atoms with E-state index in [9.17, 15) is 14.2 Å². The number of hydrogen-bond acceptors (Lipinski definition) is 3. The van der Waals surface area contributed by atoms with Gasteiger partial charge in [-0.25, -0.2) is 0 Å². The number of rotatable bonds is 4. The molecule has 0 fully saturated rings. The van der Waals surface area contributed by atoms with E-state index in [0.717, 1.165) is 0 Å². The van der Waals surface area contributed by atoms with Crippen molar-refractivity contribution >= 4 is 15.2 Å². The molecular formula is C5H10O7P2. The van der Waals surface area contributed by atoms with Gasteiger partial charge < -0.3 is 24.7 Å². The van der Waals surface area contributed by atoms with Crippen molar-refractivity contribution in [3.05, 3.63) is 0 Å². The van der Waals surface area contributed by atoms with E-state index in [1.54, 1.807) is 0 Å². The van der Waals surface area contributed by atoms with Crippen LogP contribution in [-0.2, 0) is 9.13 Å². The predicted molar refractivity (Wildman–Crippen MR) is 47.1 cm³/mol. The minimum atomic E-state index is -5.34. The van der Waals surface area contributed by atoms with Crippen molar-refractivity contribution in [1.82, 2.24) is 0 Å². The SMILES string of the molecule is C#CCCC(O)(P(=O)(O)O)P(=O)(O)O. The van der Waals surface area contributed by atoms with Gasteiger partial charge in [0.1, 0.15) is 0 Å². The molecule has 7 nitrogen and oxygen atoms in total. The molecule has 14 heavy (non-hydrogen) atoms. The Morgan fingerprint density at radius 3 is 1.71 bits per heavy atom. The Bertz CT molecular complexity index is 308. The molecule has 0 aliphatic heterocycles. The van der Waals surface area contributed by atoms with E-state index in [0.29, 0.717) is 0 Å². The van der Waals surface area contributed by atoms with Gasteiger partial charge in [-0.15, -0.1) is 12.3 Å². The van der Waals surface area contributed by atoms with E-state index in [2.05, 4.69) is 0 Å². The van der Waals surface area contributed by atoms with Gasteiger partial charge in [-0.3, -0.25) is 9.13 Å². The van der Waals surface area contributed by atoms with E-state index in [4.69, 9.17) is 26.0 Å². The van der Waals surface area contributed by atoms with Gasteiger partial charge >= 0.3 is 15.2 Å². The number of aliphatic hydroxyl groups is 1. The molecule has 0 heterocycles. The van der Waals surface area contributed by atoms with Crippen LogP contribution in [0.3, 0.4) is 0 Å². The third-order valence-electron chi connectivity index (χ3n) is 1.54. The lowest BCUT2D eigenvalue weighted by Gasteiger charge is -2.28. The number of terminal acetylenes is 1. The number of hydrogen-bond donors (Lipinski definition) is 5. The molecule has 0 saturated heterocycles. The van der Waals surface area contributed by atoms with E-state index in [1.807, 2.05) is 5.92 Å². The molecule has 0 amide bonds. The summed E-state index contributed by atoms with van der Waals surface area (Å²) < 4.78 is 21.4. The lowest BCUT2D eigenvalue weighted by atomic mass is 10.3. The smallest absolute Gasteiger partial charge is 0.367 e.